The van der Waals surface area contributed by atoms with Crippen molar-refractivity contribution in [3.8, 4) is 0 Å². The molecule has 0 unspecified atom stereocenters. The quantitative estimate of drug-likeness (QED) is 0.341. The zero-order valence-electron chi connectivity index (χ0n) is 18.8. The zero-order valence-corrected chi connectivity index (χ0v) is 19.6. The standard InChI is InChI=1S/C24H22N6O4S/c1-2-12-30-23(34)18-11-7-6-10-17(18)20(29-30)22(33)28-27-19(31)13-16-14-35-24(25-16)26-21(32)15-8-4-3-5-9-15/h3-11,14H,2,12-13H2,1H3,(H,27,31)(H,28,33)(H,25,26,32). The van der Waals surface area contributed by atoms with Crippen molar-refractivity contribution >= 4 is 45.0 Å². The molecule has 0 spiro atoms. The number of amides is 3. The van der Waals surface area contributed by atoms with Gasteiger partial charge in [0, 0.05) is 22.9 Å². The van der Waals surface area contributed by atoms with E-state index in [0.717, 1.165) is 0 Å². The first kappa shape index (κ1) is 23.8. The number of aromatic nitrogens is 3. The fraction of sp³-hybridized carbons (Fsp3) is 0.167. The average molecular weight is 491 g/mol. The number of carbonyl (C=O) groups is 3. The normalized spacial score (nSPS) is 10.7. The smallest absolute Gasteiger partial charge is 0.290 e. The molecular formula is C24H22N6O4S. The molecule has 3 N–H and O–H groups in total. The maximum Gasteiger partial charge on any atom is 0.290 e. The Balaban J connectivity index is 1.39. The minimum absolute atomic E-state index is 0.0357. The Morgan fingerprint density at radius 3 is 2.40 bits per heavy atom. The third-order valence-electron chi connectivity index (χ3n) is 4.98. The molecule has 10 nitrogen and oxygen atoms in total. The molecular weight excluding hydrogens is 468 g/mol. The number of benzene rings is 2. The number of hydrogen-bond donors (Lipinski definition) is 3. The molecule has 0 fully saturated rings. The van der Waals surface area contributed by atoms with Crippen LogP contribution in [0, 0.1) is 0 Å². The van der Waals surface area contributed by atoms with E-state index in [9.17, 15) is 19.2 Å². The summed E-state index contributed by atoms with van der Waals surface area (Å²) >= 11 is 1.19. The van der Waals surface area contributed by atoms with E-state index in [1.807, 2.05) is 13.0 Å². The van der Waals surface area contributed by atoms with Crippen molar-refractivity contribution < 1.29 is 14.4 Å². The number of nitrogens with one attached hydrogen (secondary N) is 3. The van der Waals surface area contributed by atoms with Crippen LogP contribution in [-0.4, -0.2) is 32.5 Å². The second-order valence-corrected chi connectivity index (χ2v) is 8.42. The van der Waals surface area contributed by atoms with Crippen LogP contribution in [0.3, 0.4) is 0 Å². The number of fused-ring (bicyclic) bond motifs is 1. The number of hydrogen-bond acceptors (Lipinski definition) is 7. The van der Waals surface area contributed by atoms with Gasteiger partial charge in [-0.3, -0.25) is 35.3 Å². The predicted molar refractivity (Wildman–Crippen MR) is 132 cm³/mol. The molecule has 4 rings (SSSR count). The van der Waals surface area contributed by atoms with Gasteiger partial charge in [0.15, 0.2) is 10.8 Å². The highest BCUT2D eigenvalue weighted by atomic mass is 32.1. The number of rotatable bonds is 7. The minimum Gasteiger partial charge on any atom is -0.298 e. The van der Waals surface area contributed by atoms with Crippen molar-refractivity contribution in [2.75, 3.05) is 5.32 Å². The Bertz CT molecular complexity index is 1450. The molecule has 0 saturated heterocycles. The van der Waals surface area contributed by atoms with Crippen LogP contribution in [0.25, 0.3) is 10.8 Å². The lowest BCUT2D eigenvalue weighted by Gasteiger charge is -2.11. The van der Waals surface area contributed by atoms with Crippen molar-refractivity contribution in [1.29, 1.82) is 0 Å². The van der Waals surface area contributed by atoms with Gasteiger partial charge >= 0.3 is 0 Å². The fourth-order valence-electron chi connectivity index (χ4n) is 3.36. The molecule has 0 bridgehead atoms. The van der Waals surface area contributed by atoms with Crippen LogP contribution < -0.4 is 21.7 Å². The number of hydrazine groups is 1. The van der Waals surface area contributed by atoms with Crippen molar-refractivity contribution in [3.05, 3.63) is 87.3 Å². The van der Waals surface area contributed by atoms with Gasteiger partial charge in [-0.1, -0.05) is 43.3 Å². The molecule has 0 saturated carbocycles. The first-order chi connectivity index (χ1) is 17.0. The molecule has 4 aromatic rings. The summed E-state index contributed by atoms with van der Waals surface area (Å²) in [5.41, 5.74) is 5.39. The topological polar surface area (TPSA) is 135 Å². The van der Waals surface area contributed by atoms with Crippen LogP contribution in [-0.2, 0) is 17.8 Å². The highest BCUT2D eigenvalue weighted by molar-refractivity contribution is 7.14. The number of anilines is 1. The van der Waals surface area contributed by atoms with Crippen molar-refractivity contribution in [2.45, 2.75) is 26.3 Å². The molecule has 0 aliphatic heterocycles. The van der Waals surface area contributed by atoms with Crippen molar-refractivity contribution in [3.63, 3.8) is 0 Å². The van der Waals surface area contributed by atoms with Gasteiger partial charge in [-0.2, -0.15) is 5.10 Å². The van der Waals surface area contributed by atoms with Crippen molar-refractivity contribution in [2.24, 2.45) is 0 Å². The fourth-order valence-corrected chi connectivity index (χ4v) is 4.07. The van der Waals surface area contributed by atoms with Crippen LogP contribution in [0.4, 0.5) is 5.13 Å². The van der Waals surface area contributed by atoms with Crippen LogP contribution in [0.2, 0.25) is 0 Å². The summed E-state index contributed by atoms with van der Waals surface area (Å²) in [6, 6.07) is 15.4. The summed E-state index contributed by atoms with van der Waals surface area (Å²) in [6.45, 7) is 2.27. The van der Waals surface area contributed by atoms with E-state index in [2.05, 4.69) is 26.3 Å². The average Bonchev–Trinajstić information content (AvgIpc) is 3.31. The van der Waals surface area contributed by atoms with Gasteiger partial charge in [-0.05, 0) is 24.6 Å². The first-order valence-corrected chi connectivity index (χ1v) is 11.7. The van der Waals surface area contributed by atoms with E-state index in [1.165, 1.54) is 16.0 Å². The van der Waals surface area contributed by atoms with Gasteiger partial charge < -0.3 is 0 Å². The monoisotopic (exact) mass is 490 g/mol. The van der Waals surface area contributed by atoms with E-state index < -0.39 is 11.8 Å². The summed E-state index contributed by atoms with van der Waals surface area (Å²) < 4.78 is 1.25. The van der Waals surface area contributed by atoms with Gasteiger partial charge in [0.1, 0.15) is 0 Å². The van der Waals surface area contributed by atoms with Gasteiger partial charge in [0.25, 0.3) is 17.4 Å². The van der Waals surface area contributed by atoms with Gasteiger partial charge in [0.2, 0.25) is 5.91 Å². The molecule has 178 valence electrons. The molecule has 11 heteroatoms. The third kappa shape index (κ3) is 5.58. The number of aryl methyl sites for hydroxylation is 1. The van der Waals surface area contributed by atoms with E-state index in [-0.39, 0.29) is 23.6 Å². The highest BCUT2D eigenvalue weighted by Crippen LogP contribution is 2.17. The molecule has 3 amide bonds. The van der Waals surface area contributed by atoms with E-state index in [0.29, 0.717) is 40.1 Å². The molecule has 2 heterocycles. The maximum atomic E-state index is 12.8. The number of carbonyl (C=O) groups excluding carboxylic acids is 3. The lowest BCUT2D eigenvalue weighted by molar-refractivity contribution is -0.121. The number of thiazole rings is 1. The van der Waals surface area contributed by atoms with Gasteiger partial charge in [0.05, 0.1) is 17.5 Å². The zero-order chi connectivity index (χ0) is 24.8. The molecule has 0 radical (unpaired) electrons. The third-order valence-corrected chi connectivity index (χ3v) is 5.79. The Labute approximate surface area is 204 Å². The molecule has 35 heavy (non-hydrogen) atoms. The summed E-state index contributed by atoms with van der Waals surface area (Å²) in [5, 5.41) is 9.67. The Kier molecular flexibility index (Phi) is 7.27. The van der Waals surface area contributed by atoms with Crippen LogP contribution in [0.5, 0.6) is 0 Å². The summed E-state index contributed by atoms with van der Waals surface area (Å²) in [7, 11) is 0. The van der Waals surface area contributed by atoms with Crippen molar-refractivity contribution in [1.82, 2.24) is 25.6 Å². The summed E-state index contributed by atoms with van der Waals surface area (Å²) in [6.07, 6.45) is 0.561. The SMILES string of the molecule is CCCn1nc(C(=O)NNC(=O)Cc2csc(NC(=O)c3ccccc3)n2)c2ccccc2c1=O. The van der Waals surface area contributed by atoms with E-state index in [4.69, 9.17) is 0 Å². The second-order valence-electron chi connectivity index (χ2n) is 7.57. The highest BCUT2D eigenvalue weighted by Gasteiger charge is 2.17. The first-order valence-electron chi connectivity index (χ1n) is 10.9. The Hall–Kier alpha value is -4.38. The largest absolute Gasteiger partial charge is 0.298 e. The van der Waals surface area contributed by atoms with Gasteiger partial charge in [-0.25, -0.2) is 9.67 Å². The summed E-state index contributed by atoms with van der Waals surface area (Å²) in [4.78, 5) is 54.2. The Morgan fingerprint density at radius 2 is 1.66 bits per heavy atom. The van der Waals surface area contributed by atoms with Crippen LogP contribution >= 0.6 is 11.3 Å². The predicted octanol–water partition coefficient (Wildman–Crippen LogP) is 2.52. The molecule has 0 aliphatic carbocycles. The molecule has 0 atom stereocenters. The van der Waals surface area contributed by atoms with E-state index >= 15 is 0 Å². The van der Waals surface area contributed by atoms with E-state index in [1.54, 1.807) is 53.9 Å². The van der Waals surface area contributed by atoms with Crippen LogP contribution in [0.1, 0.15) is 39.9 Å². The molecule has 0 aliphatic rings. The molecule has 2 aromatic carbocycles. The van der Waals surface area contributed by atoms with Crippen LogP contribution in [0.15, 0.2) is 64.8 Å². The Morgan fingerprint density at radius 1 is 0.943 bits per heavy atom. The second kappa shape index (κ2) is 10.7. The molecule has 2 aromatic heterocycles. The van der Waals surface area contributed by atoms with Gasteiger partial charge in [-0.15, -0.1) is 11.3 Å². The lowest BCUT2D eigenvalue weighted by Crippen LogP contribution is -2.43. The maximum absolute atomic E-state index is 12.8. The summed E-state index contributed by atoms with van der Waals surface area (Å²) in [5.74, 6) is -1.45. The number of nitrogens with zero attached hydrogens (tertiary/aromatic N) is 3. The minimum atomic E-state index is -0.645. The lowest BCUT2D eigenvalue weighted by atomic mass is 10.1.